The monoisotopic (exact) mass is 1410 g/mol. The van der Waals surface area contributed by atoms with Crippen molar-refractivity contribution < 1.29 is 103 Å². The zero-order chi connectivity index (χ0) is 70.1. The van der Waals surface area contributed by atoms with Gasteiger partial charge in [-0.2, -0.15) is 8.61 Å². The number of fused-ring (bicyclic) bond motifs is 4. The topological polar surface area (TPSA) is 329 Å². The van der Waals surface area contributed by atoms with Gasteiger partial charge in [-0.3, -0.25) is 4.90 Å². The first-order chi connectivity index (χ1) is 46.6. The van der Waals surface area contributed by atoms with Crippen molar-refractivity contribution in [1.29, 1.82) is 0 Å². The standard InChI is InChI=1S/C38H53N3O12S.C30H41N3O10S/c1-24(2)20-40(54(44,45)27-12-13-30-31(19-27)50-23-49-30)21-32-29(18-25-8-10-26(11-9-25)46-17-15-39-35(42)53-37(3,4)5)41(38(6,7)52-32)36(43)51-33-22-48-34-28(33)14-16-47-34;1-19(2)15-33(44(36,37)22-7-8-26-27(14-22)42-18-41-26)16-25(34)24(13-20-3-5-21(6-4-20)38-12-10-31)32-30(35)43-28-17-40-29-23(28)9-11-39-29/h8-13,19,24,28-29,32-34H,14-18,20-23H2,1-7H3,(H,39,42);3-8,14,19,23-25,28-29,34H,9-13,15-18,31H2,1-2H3,(H,32,35)/t28-,29-,32+,33-,34+;23-,24-,25+,28-,29+/m00/s1. The summed E-state index contributed by atoms with van der Waals surface area (Å²) < 4.78 is 138. The Kier molecular flexibility index (Phi) is 24.2. The van der Waals surface area contributed by atoms with Crippen LogP contribution in [-0.2, 0) is 70.8 Å². The molecule has 0 saturated carbocycles. The first kappa shape index (κ1) is 73.7. The van der Waals surface area contributed by atoms with Crippen LogP contribution in [0.3, 0.4) is 0 Å². The molecule has 7 heterocycles. The second-order valence-corrected chi connectivity index (χ2v) is 31.2. The van der Waals surface area contributed by atoms with Crippen LogP contribution in [0.2, 0.25) is 0 Å². The van der Waals surface area contributed by atoms with E-state index in [9.17, 15) is 36.3 Å². The fraction of sp³-hybridized carbons (Fsp3) is 0.603. The van der Waals surface area contributed by atoms with Crippen LogP contribution in [0.4, 0.5) is 14.4 Å². The Labute approximate surface area is 573 Å². The molecular formula is C68H94N6O22S2. The number of amides is 3. The lowest BCUT2D eigenvalue weighted by Gasteiger charge is -2.34. The van der Waals surface area contributed by atoms with Crippen LogP contribution in [0.1, 0.15) is 86.3 Å². The zero-order valence-corrected chi connectivity index (χ0v) is 58.6. The molecule has 0 aromatic heterocycles. The van der Waals surface area contributed by atoms with Gasteiger partial charge in [-0.05, 0) is 132 Å². The number of rotatable bonds is 27. The van der Waals surface area contributed by atoms with Gasteiger partial charge in [0.05, 0.1) is 78.9 Å². The molecular weight excluding hydrogens is 1320 g/mol. The van der Waals surface area contributed by atoms with E-state index in [4.69, 9.17) is 72.0 Å². The van der Waals surface area contributed by atoms with E-state index in [2.05, 4.69) is 10.6 Å². The molecule has 28 nitrogen and oxygen atoms in total. The number of nitrogens with zero attached hydrogens (tertiary/aromatic N) is 3. The van der Waals surface area contributed by atoms with Gasteiger partial charge in [0, 0.05) is 44.9 Å². The second-order valence-electron chi connectivity index (χ2n) is 27.3. The predicted molar refractivity (Wildman–Crippen MR) is 353 cm³/mol. The molecule has 5 fully saturated rings. The molecule has 4 aromatic carbocycles. The summed E-state index contributed by atoms with van der Waals surface area (Å²) in [5.41, 5.74) is 5.43. The van der Waals surface area contributed by atoms with Crippen LogP contribution < -0.4 is 44.8 Å². The first-order valence-corrected chi connectivity index (χ1v) is 36.2. The van der Waals surface area contributed by atoms with Crippen LogP contribution in [-0.4, -0.2) is 207 Å². The maximum atomic E-state index is 14.3. The summed E-state index contributed by atoms with van der Waals surface area (Å²) >= 11 is 0. The van der Waals surface area contributed by atoms with E-state index >= 15 is 0 Å². The quantitative estimate of drug-likeness (QED) is 0.0353. The molecule has 540 valence electrons. The minimum atomic E-state index is -4.05. The van der Waals surface area contributed by atoms with Crippen LogP contribution >= 0.6 is 0 Å². The summed E-state index contributed by atoms with van der Waals surface area (Å²) in [4.78, 5) is 40.9. The average Bonchev–Trinajstić information content (AvgIpc) is 1.60. The number of hydrogen-bond donors (Lipinski definition) is 4. The molecule has 0 unspecified atom stereocenters. The Morgan fingerprint density at radius 2 is 1.19 bits per heavy atom. The van der Waals surface area contributed by atoms with Crippen molar-refractivity contribution >= 4 is 38.3 Å². The summed E-state index contributed by atoms with van der Waals surface area (Å²) in [7, 11) is -8.09. The van der Waals surface area contributed by atoms with E-state index in [0.29, 0.717) is 67.3 Å². The minimum Gasteiger partial charge on any atom is -0.492 e. The molecule has 4 aromatic rings. The summed E-state index contributed by atoms with van der Waals surface area (Å²) in [5.74, 6) is 2.69. The van der Waals surface area contributed by atoms with E-state index in [0.717, 1.165) is 24.0 Å². The Balaban J connectivity index is 0.000000217. The lowest BCUT2D eigenvalue weighted by Crippen LogP contribution is -2.51. The molecule has 0 aliphatic carbocycles. The number of ether oxygens (including phenoxy) is 14. The number of carbonyl (C=O) groups excluding carboxylic acids is 3. The van der Waals surface area contributed by atoms with Crippen LogP contribution in [0.25, 0.3) is 0 Å². The van der Waals surface area contributed by atoms with Gasteiger partial charge >= 0.3 is 18.3 Å². The van der Waals surface area contributed by atoms with E-state index in [1.54, 1.807) is 63.8 Å². The summed E-state index contributed by atoms with van der Waals surface area (Å²) in [6, 6.07) is 22.1. The molecule has 0 radical (unpaired) electrons. The summed E-state index contributed by atoms with van der Waals surface area (Å²) in [6.07, 6.45) is -3.61. The molecule has 0 bridgehead atoms. The highest BCUT2D eigenvalue weighted by Crippen LogP contribution is 2.41. The molecule has 30 heteroatoms. The van der Waals surface area contributed by atoms with Crippen molar-refractivity contribution in [1.82, 2.24) is 24.1 Å². The van der Waals surface area contributed by atoms with Gasteiger partial charge in [0.2, 0.25) is 33.6 Å². The van der Waals surface area contributed by atoms with Gasteiger partial charge in [0.15, 0.2) is 35.6 Å². The van der Waals surface area contributed by atoms with Crippen molar-refractivity contribution in [3.63, 3.8) is 0 Å². The molecule has 3 amide bonds. The van der Waals surface area contributed by atoms with Gasteiger partial charge in [-0.25, -0.2) is 31.2 Å². The molecule has 5 N–H and O–H groups in total. The molecule has 7 aliphatic rings. The molecule has 98 heavy (non-hydrogen) atoms. The minimum absolute atomic E-state index is 0.0121. The normalized spacial score (nSPS) is 23.5. The average molecular weight is 1410 g/mol. The van der Waals surface area contributed by atoms with Crippen LogP contribution in [0.15, 0.2) is 94.7 Å². The lowest BCUT2D eigenvalue weighted by atomic mass is 9.99. The van der Waals surface area contributed by atoms with E-state index in [-0.39, 0.29) is 112 Å². The van der Waals surface area contributed by atoms with Gasteiger partial charge in [-0.15, -0.1) is 0 Å². The van der Waals surface area contributed by atoms with E-state index in [1.807, 2.05) is 64.1 Å². The maximum absolute atomic E-state index is 14.3. The van der Waals surface area contributed by atoms with Crippen molar-refractivity contribution in [3.8, 4) is 34.5 Å². The number of aliphatic hydroxyl groups excluding tert-OH is 1. The Bertz CT molecular complexity index is 3580. The number of nitrogens with one attached hydrogen (secondary N) is 2. The fourth-order valence-corrected chi connectivity index (χ4v) is 16.0. The van der Waals surface area contributed by atoms with E-state index < -0.39 is 92.4 Å². The predicted octanol–water partition coefficient (Wildman–Crippen LogP) is 6.77. The van der Waals surface area contributed by atoms with Gasteiger partial charge in [0.1, 0.15) is 48.2 Å². The Morgan fingerprint density at radius 1 is 0.673 bits per heavy atom. The van der Waals surface area contributed by atoms with Crippen LogP contribution in [0, 0.1) is 23.7 Å². The largest absolute Gasteiger partial charge is 0.492 e. The van der Waals surface area contributed by atoms with Gasteiger partial charge in [0.25, 0.3) is 0 Å². The third-order valence-corrected chi connectivity index (χ3v) is 20.9. The molecule has 10 atom stereocenters. The number of carbonyl (C=O) groups is 3. The number of benzene rings is 4. The van der Waals surface area contributed by atoms with E-state index in [1.165, 1.54) is 32.9 Å². The number of alkyl carbamates (subject to hydrolysis) is 2. The van der Waals surface area contributed by atoms with Crippen molar-refractivity contribution in [2.24, 2.45) is 29.4 Å². The third kappa shape index (κ3) is 18.7. The third-order valence-electron chi connectivity index (χ3n) is 17.3. The second kappa shape index (κ2) is 32.1. The number of hydrogen-bond acceptors (Lipinski definition) is 23. The molecule has 7 aliphatic heterocycles. The highest BCUT2D eigenvalue weighted by atomic mass is 32.2. The number of nitrogens with two attached hydrogens (primary N) is 1. The highest BCUT2D eigenvalue weighted by Gasteiger charge is 2.54. The number of sulfonamides is 2. The maximum Gasteiger partial charge on any atom is 0.412 e. The molecule has 0 spiro atoms. The lowest BCUT2D eigenvalue weighted by molar-refractivity contribution is -0.0912. The first-order valence-electron chi connectivity index (χ1n) is 33.3. The van der Waals surface area contributed by atoms with Crippen molar-refractivity contribution in [3.05, 3.63) is 96.1 Å². The fourth-order valence-electron chi connectivity index (χ4n) is 12.7. The van der Waals surface area contributed by atoms with Gasteiger partial charge < -0.3 is 87.8 Å². The molecule has 5 saturated heterocycles. The smallest absolute Gasteiger partial charge is 0.412 e. The van der Waals surface area contributed by atoms with Crippen LogP contribution in [0.5, 0.6) is 34.5 Å². The Morgan fingerprint density at radius 3 is 1.74 bits per heavy atom. The summed E-state index contributed by atoms with van der Waals surface area (Å²) in [5, 5.41) is 17.0. The SMILES string of the molecule is CC(C)CN(C[C@@H](O)[C@H](Cc1ccc(OCCN)cc1)NC(=O)O[C@H]1CO[C@H]2OCC[C@H]21)S(=O)(=O)c1ccc2c(c1)OCO2.CC(C)CN(C[C@H]1OC(C)(C)N(C(=O)O[C@H]2CO[C@H]3OCC[C@H]32)[C@H]1Cc1ccc(OCCNC(=O)OC(C)(C)C)cc1)S(=O)(=O)c1ccc2c(c1)OCO2. The number of aliphatic hydroxyl groups is 1. The zero-order valence-electron chi connectivity index (χ0n) is 57.0. The molecule has 11 rings (SSSR count). The summed E-state index contributed by atoms with van der Waals surface area (Å²) in [6.45, 7) is 19.5. The van der Waals surface area contributed by atoms with Crippen molar-refractivity contribution in [2.45, 2.75) is 158 Å². The highest BCUT2D eigenvalue weighted by molar-refractivity contribution is 7.89. The van der Waals surface area contributed by atoms with Crippen molar-refractivity contribution in [2.75, 3.05) is 92.5 Å². The Hall–Kier alpha value is -6.97. The van der Waals surface area contributed by atoms with Gasteiger partial charge in [-0.1, -0.05) is 52.0 Å².